The molecule has 3 aromatic rings. The summed E-state index contributed by atoms with van der Waals surface area (Å²) in [4.78, 5) is 18.2. The number of aromatic nitrogens is 1. The summed E-state index contributed by atoms with van der Waals surface area (Å²) < 4.78 is 11.0. The first-order valence-electron chi connectivity index (χ1n) is 8.74. The molecule has 3 heterocycles. The SMILES string of the molecule is CC(C)COC(=O)N1CCc2cc(-c3coc4ccnc(N)c34)ccc21. The van der Waals surface area contributed by atoms with Crippen molar-refractivity contribution in [2.45, 2.75) is 20.3 Å². The maximum absolute atomic E-state index is 12.3. The van der Waals surface area contributed by atoms with Crippen LogP contribution in [0.2, 0.25) is 0 Å². The Morgan fingerprint density at radius 3 is 3.04 bits per heavy atom. The molecule has 0 atom stereocenters. The van der Waals surface area contributed by atoms with Gasteiger partial charge in [-0.25, -0.2) is 9.78 Å². The first kappa shape index (κ1) is 16.4. The number of hydrogen-bond donors (Lipinski definition) is 1. The Kier molecular flexibility index (Phi) is 4.03. The highest BCUT2D eigenvalue weighted by Crippen LogP contribution is 2.37. The normalized spacial score (nSPS) is 13.4. The lowest BCUT2D eigenvalue weighted by molar-refractivity contribution is 0.140. The van der Waals surface area contributed by atoms with Crippen molar-refractivity contribution in [1.29, 1.82) is 0 Å². The van der Waals surface area contributed by atoms with Crippen LogP contribution in [0.25, 0.3) is 22.1 Å². The molecule has 6 heteroatoms. The average Bonchev–Trinajstić information content (AvgIpc) is 3.24. The number of fused-ring (bicyclic) bond motifs is 2. The van der Waals surface area contributed by atoms with Crippen molar-refractivity contribution in [2.24, 2.45) is 5.92 Å². The van der Waals surface area contributed by atoms with Crippen LogP contribution in [0.1, 0.15) is 19.4 Å². The van der Waals surface area contributed by atoms with E-state index in [1.165, 1.54) is 0 Å². The van der Waals surface area contributed by atoms with Crippen LogP contribution in [0.15, 0.2) is 41.1 Å². The number of pyridine rings is 1. The number of furan rings is 1. The smallest absolute Gasteiger partial charge is 0.414 e. The van der Waals surface area contributed by atoms with E-state index in [4.69, 9.17) is 14.9 Å². The molecule has 1 amide bonds. The molecule has 134 valence electrons. The van der Waals surface area contributed by atoms with Gasteiger partial charge in [-0.2, -0.15) is 0 Å². The molecule has 0 saturated heterocycles. The van der Waals surface area contributed by atoms with Gasteiger partial charge in [0.2, 0.25) is 0 Å². The highest BCUT2D eigenvalue weighted by molar-refractivity contribution is 6.01. The summed E-state index contributed by atoms with van der Waals surface area (Å²) in [5, 5.41) is 0.818. The highest BCUT2D eigenvalue weighted by Gasteiger charge is 2.26. The molecule has 0 radical (unpaired) electrons. The van der Waals surface area contributed by atoms with Gasteiger partial charge in [0.25, 0.3) is 0 Å². The second kappa shape index (κ2) is 6.37. The van der Waals surface area contributed by atoms with Crippen LogP contribution in [0.5, 0.6) is 0 Å². The molecule has 26 heavy (non-hydrogen) atoms. The maximum Gasteiger partial charge on any atom is 0.414 e. The molecule has 0 bridgehead atoms. The van der Waals surface area contributed by atoms with E-state index in [9.17, 15) is 4.79 Å². The molecule has 1 aliphatic rings. The number of ether oxygens (including phenoxy) is 1. The standard InChI is InChI=1S/C20H21N3O3/c1-12(2)10-26-20(24)23-8-6-14-9-13(3-4-16(14)23)15-11-25-17-5-7-22-19(21)18(15)17/h3-5,7,9,11-12H,6,8,10H2,1-2H3,(H2,21,22). The molecule has 0 spiro atoms. The Labute approximate surface area is 151 Å². The lowest BCUT2D eigenvalue weighted by Crippen LogP contribution is -2.30. The second-order valence-corrected chi connectivity index (χ2v) is 6.93. The summed E-state index contributed by atoms with van der Waals surface area (Å²) in [7, 11) is 0. The summed E-state index contributed by atoms with van der Waals surface area (Å²) in [6.07, 6.45) is 3.85. The lowest BCUT2D eigenvalue weighted by Gasteiger charge is -2.18. The van der Waals surface area contributed by atoms with Gasteiger partial charge in [0.05, 0.1) is 23.9 Å². The number of hydrogen-bond acceptors (Lipinski definition) is 5. The number of nitrogens with two attached hydrogens (primary N) is 1. The Balaban J connectivity index is 1.65. The minimum Gasteiger partial charge on any atom is -0.463 e. The Bertz CT molecular complexity index is 978. The fraction of sp³-hybridized carbons (Fsp3) is 0.300. The van der Waals surface area contributed by atoms with Crippen molar-refractivity contribution in [3.05, 3.63) is 42.3 Å². The molecule has 0 unspecified atom stereocenters. The Morgan fingerprint density at radius 2 is 2.23 bits per heavy atom. The van der Waals surface area contributed by atoms with Gasteiger partial charge in [-0.3, -0.25) is 4.90 Å². The van der Waals surface area contributed by atoms with Crippen molar-refractivity contribution in [3.8, 4) is 11.1 Å². The monoisotopic (exact) mass is 351 g/mol. The summed E-state index contributed by atoms with van der Waals surface area (Å²) in [5.41, 5.74) is 10.7. The maximum atomic E-state index is 12.3. The topological polar surface area (TPSA) is 81.6 Å². The van der Waals surface area contributed by atoms with E-state index in [0.717, 1.165) is 34.2 Å². The van der Waals surface area contributed by atoms with Crippen LogP contribution >= 0.6 is 0 Å². The van der Waals surface area contributed by atoms with Gasteiger partial charge in [-0.1, -0.05) is 19.9 Å². The van der Waals surface area contributed by atoms with Gasteiger partial charge >= 0.3 is 6.09 Å². The zero-order chi connectivity index (χ0) is 18.3. The number of nitrogens with zero attached hydrogens (tertiary/aromatic N) is 2. The predicted octanol–water partition coefficient (Wildman–Crippen LogP) is 4.23. The average molecular weight is 351 g/mol. The van der Waals surface area contributed by atoms with Gasteiger partial charge < -0.3 is 14.9 Å². The summed E-state index contributed by atoms with van der Waals surface area (Å²) in [6.45, 7) is 5.10. The third-order valence-corrected chi connectivity index (χ3v) is 4.56. The highest BCUT2D eigenvalue weighted by atomic mass is 16.6. The first-order chi connectivity index (χ1) is 12.5. The molecular weight excluding hydrogens is 330 g/mol. The summed E-state index contributed by atoms with van der Waals surface area (Å²) in [5.74, 6) is 0.766. The minimum absolute atomic E-state index is 0.285. The zero-order valence-electron chi connectivity index (χ0n) is 14.9. The van der Waals surface area contributed by atoms with Gasteiger partial charge in [0.1, 0.15) is 11.4 Å². The molecule has 1 aromatic carbocycles. The predicted molar refractivity (Wildman–Crippen MR) is 101 cm³/mol. The molecule has 0 fully saturated rings. The van der Waals surface area contributed by atoms with Crippen LogP contribution in [0.3, 0.4) is 0 Å². The number of benzene rings is 1. The van der Waals surface area contributed by atoms with E-state index >= 15 is 0 Å². The molecule has 2 aromatic heterocycles. The number of nitrogen functional groups attached to an aromatic ring is 1. The summed E-state index contributed by atoms with van der Waals surface area (Å²) in [6, 6.07) is 7.82. The fourth-order valence-corrected chi connectivity index (χ4v) is 3.30. The number of rotatable bonds is 3. The lowest BCUT2D eigenvalue weighted by atomic mass is 10.0. The van der Waals surface area contributed by atoms with Crippen molar-refractivity contribution in [3.63, 3.8) is 0 Å². The van der Waals surface area contributed by atoms with Crippen LogP contribution in [0.4, 0.5) is 16.3 Å². The fourth-order valence-electron chi connectivity index (χ4n) is 3.30. The third kappa shape index (κ3) is 2.77. The first-order valence-corrected chi connectivity index (χ1v) is 8.74. The second-order valence-electron chi connectivity index (χ2n) is 6.93. The van der Waals surface area contributed by atoms with E-state index in [1.54, 1.807) is 23.4 Å². The van der Waals surface area contributed by atoms with E-state index in [-0.39, 0.29) is 6.09 Å². The van der Waals surface area contributed by atoms with Gasteiger partial charge in [0.15, 0.2) is 0 Å². The van der Waals surface area contributed by atoms with Crippen LogP contribution in [0, 0.1) is 5.92 Å². The third-order valence-electron chi connectivity index (χ3n) is 4.56. The molecule has 0 saturated carbocycles. The van der Waals surface area contributed by atoms with Crippen molar-refractivity contribution < 1.29 is 13.9 Å². The quantitative estimate of drug-likeness (QED) is 0.763. The van der Waals surface area contributed by atoms with Crippen molar-refractivity contribution >= 4 is 28.6 Å². The van der Waals surface area contributed by atoms with Crippen molar-refractivity contribution in [1.82, 2.24) is 4.98 Å². The molecular formula is C20H21N3O3. The zero-order valence-corrected chi connectivity index (χ0v) is 14.9. The largest absolute Gasteiger partial charge is 0.463 e. The summed E-state index contributed by atoms with van der Waals surface area (Å²) >= 11 is 0. The van der Waals surface area contributed by atoms with Crippen LogP contribution in [-0.2, 0) is 11.2 Å². The number of amides is 1. The molecule has 0 aliphatic carbocycles. The van der Waals surface area contributed by atoms with Crippen LogP contribution in [-0.4, -0.2) is 24.2 Å². The van der Waals surface area contributed by atoms with Gasteiger partial charge in [-0.15, -0.1) is 0 Å². The van der Waals surface area contributed by atoms with E-state index in [1.807, 2.05) is 26.0 Å². The minimum atomic E-state index is -0.285. The number of carbonyl (C=O) groups is 1. The number of anilines is 2. The molecule has 4 rings (SSSR count). The van der Waals surface area contributed by atoms with E-state index in [0.29, 0.717) is 30.5 Å². The van der Waals surface area contributed by atoms with Gasteiger partial charge in [-0.05, 0) is 41.7 Å². The van der Waals surface area contributed by atoms with E-state index in [2.05, 4.69) is 11.1 Å². The molecule has 6 nitrogen and oxygen atoms in total. The Hall–Kier alpha value is -3.02. The molecule has 1 aliphatic heterocycles. The van der Waals surface area contributed by atoms with Gasteiger partial charge in [0, 0.05) is 18.3 Å². The number of carbonyl (C=O) groups excluding carboxylic acids is 1. The van der Waals surface area contributed by atoms with Crippen LogP contribution < -0.4 is 10.6 Å². The molecule has 2 N–H and O–H groups in total. The van der Waals surface area contributed by atoms with E-state index < -0.39 is 0 Å². The van der Waals surface area contributed by atoms with Crippen molar-refractivity contribution in [2.75, 3.05) is 23.8 Å². The Morgan fingerprint density at radius 1 is 1.38 bits per heavy atom.